The fourth-order valence-electron chi connectivity index (χ4n) is 0.861. The van der Waals surface area contributed by atoms with Crippen molar-refractivity contribution in [2.24, 2.45) is 0 Å². The van der Waals surface area contributed by atoms with E-state index in [0.717, 1.165) is 0 Å². The van der Waals surface area contributed by atoms with E-state index in [-0.39, 0.29) is 12.2 Å². The molecule has 2 nitrogen and oxygen atoms in total. The number of thioether (sulfide) groups is 1. The first-order chi connectivity index (χ1) is 6.20. The van der Waals surface area contributed by atoms with Crippen LogP contribution in [-0.4, -0.2) is 33.9 Å². The summed E-state index contributed by atoms with van der Waals surface area (Å²) in [4.78, 5) is 0. The minimum absolute atomic E-state index is 0.335. The van der Waals surface area contributed by atoms with E-state index in [0.29, 0.717) is 24.3 Å². The molecule has 0 rings (SSSR count). The molecule has 0 saturated carbocycles. The van der Waals surface area contributed by atoms with Gasteiger partial charge in [-0.1, -0.05) is 12.2 Å². The van der Waals surface area contributed by atoms with E-state index < -0.39 is 0 Å². The average molecular weight is 202 g/mol. The standard InChI is InChI=1S/C10H18O2S/c1-3-5-9(11)7-13-8-10(12)6-4-2/h3-4,9-12H,1-2,5-8H2. The minimum Gasteiger partial charge on any atom is -0.392 e. The Hall–Kier alpha value is -0.250. The monoisotopic (exact) mass is 202 g/mol. The van der Waals surface area contributed by atoms with Crippen LogP contribution in [0.1, 0.15) is 12.8 Å². The van der Waals surface area contributed by atoms with E-state index in [1.165, 1.54) is 0 Å². The van der Waals surface area contributed by atoms with Crippen molar-refractivity contribution >= 4 is 11.8 Å². The Labute approximate surface area is 84.4 Å². The molecule has 0 aromatic heterocycles. The van der Waals surface area contributed by atoms with Gasteiger partial charge in [-0.25, -0.2) is 0 Å². The lowest BCUT2D eigenvalue weighted by Gasteiger charge is -2.10. The van der Waals surface area contributed by atoms with Gasteiger partial charge in [-0.2, -0.15) is 11.8 Å². The normalized spacial score (nSPS) is 14.9. The number of rotatable bonds is 8. The molecule has 0 aliphatic heterocycles. The summed E-state index contributed by atoms with van der Waals surface area (Å²) in [5, 5.41) is 18.6. The molecule has 0 aromatic rings. The lowest BCUT2D eigenvalue weighted by Crippen LogP contribution is -2.13. The van der Waals surface area contributed by atoms with Crippen molar-refractivity contribution in [1.82, 2.24) is 0 Å². The van der Waals surface area contributed by atoms with E-state index in [2.05, 4.69) is 13.2 Å². The van der Waals surface area contributed by atoms with Crippen LogP contribution in [-0.2, 0) is 0 Å². The van der Waals surface area contributed by atoms with Gasteiger partial charge in [0.25, 0.3) is 0 Å². The van der Waals surface area contributed by atoms with E-state index in [4.69, 9.17) is 0 Å². The maximum Gasteiger partial charge on any atom is 0.0664 e. The van der Waals surface area contributed by atoms with Crippen LogP contribution in [0.15, 0.2) is 25.3 Å². The van der Waals surface area contributed by atoms with Gasteiger partial charge in [0.1, 0.15) is 0 Å². The van der Waals surface area contributed by atoms with Gasteiger partial charge >= 0.3 is 0 Å². The topological polar surface area (TPSA) is 40.5 Å². The molecule has 13 heavy (non-hydrogen) atoms. The smallest absolute Gasteiger partial charge is 0.0664 e. The van der Waals surface area contributed by atoms with Crippen LogP contribution in [0.2, 0.25) is 0 Å². The second-order valence-electron chi connectivity index (χ2n) is 2.89. The van der Waals surface area contributed by atoms with E-state index in [9.17, 15) is 10.2 Å². The van der Waals surface area contributed by atoms with Gasteiger partial charge in [0, 0.05) is 11.5 Å². The van der Waals surface area contributed by atoms with Crippen molar-refractivity contribution in [2.75, 3.05) is 11.5 Å². The Morgan fingerprint density at radius 2 is 1.38 bits per heavy atom. The lowest BCUT2D eigenvalue weighted by atomic mass is 10.3. The minimum atomic E-state index is -0.335. The van der Waals surface area contributed by atoms with Gasteiger partial charge in [-0.05, 0) is 12.8 Å². The van der Waals surface area contributed by atoms with Crippen LogP contribution < -0.4 is 0 Å². The molecule has 0 fully saturated rings. The van der Waals surface area contributed by atoms with Crippen molar-refractivity contribution in [3.05, 3.63) is 25.3 Å². The van der Waals surface area contributed by atoms with Crippen molar-refractivity contribution in [3.63, 3.8) is 0 Å². The molecule has 0 heterocycles. The summed E-state index contributed by atoms with van der Waals surface area (Å²) in [6.45, 7) is 7.08. The Kier molecular flexibility index (Phi) is 8.19. The van der Waals surface area contributed by atoms with Crippen molar-refractivity contribution < 1.29 is 10.2 Å². The zero-order valence-electron chi connectivity index (χ0n) is 7.85. The van der Waals surface area contributed by atoms with E-state index >= 15 is 0 Å². The molecule has 2 unspecified atom stereocenters. The van der Waals surface area contributed by atoms with Crippen LogP contribution >= 0.6 is 11.8 Å². The van der Waals surface area contributed by atoms with E-state index in [1.807, 2.05) is 0 Å². The first-order valence-corrected chi connectivity index (χ1v) is 5.51. The van der Waals surface area contributed by atoms with Crippen molar-refractivity contribution in [1.29, 1.82) is 0 Å². The Morgan fingerprint density at radius 3 is 1.69 bits per heavy atom. The van der Waals surface area contributed by atoms with Gasteiger partial charge in [-0.15, -0.1) is 13.2 Å². The summed E-state index contributed by atoms with van der Waals surface area (Å²) in [6.07, 6.45) is 3.96. The quantitative estimate of drug-likeness (QED) is 0.587. The van der Waals surface area contributed by atoms with Gasteiger partial charge in [0.05, 0.1) is 12.2 Å². The molecule has 0 radical (unpaired) electrons. The first-order valence-electron chi connectivity index (χ1n) is 4.36. The summed E-state index contributed by atoms with van der Waals surface area (Å²) < 4.78 is 0. The number of aliphatic hydroxyl groups is 2. The number of hydrogen-bond acceptors (Lipinski definition) is 3. The third kappa shape index (κ3) is 8.09. The van der Waals surface area contributed by atoms with Gasteiger partial charge in [0.15, 0.2) is 0 Å². The third-order valence-electron chi connectivity index (χ3n) is 1.50. The molecule has 0 aromatic carbocycles. The van der Waals surface area contributed by atoms with Gasteiger partial charge in [0.2, 0.25) is 0 Å². The second-order valence-corrected chi connectivity index (χ2v) is 3.97. The predicted octanol–water partition coefficient (Wildman–Crippen LogP) is 1.59. The molecule has 2 atom stereocenters. The summed E-state index contributed by atoms with van der Waals surface area (Å²) in [7, 11) is 0. The molecule has 0 aliphatic rings. The van der Waals surface area contributed by atoms with Crippen LogP contribution in [0.5, 0.6) is 0 Å². The van der Waals surface area contributed by atoms with Crippen molar-refractivity contribution in [2.45, 2.75) is 25.0 Å². The maximum atomic E-state index is 9.30. The molecule has 2 N–H and O–H groups in total. The van der Waals surface area contributed by atoms with Crippen LogP contribution in [0.25, 0.3) is 0 Å². The highest BCUT2D eigenvalue weighted by Gasteiger charge is 2.05. The molecular formula is C10H18O2S. The second kappa shape index (κ2) is 8.35. The zero-order valence-corrected chi connectivity index (χ0v) is 8.67. The van der Waals surface area contributed by atoms with E-state index in [1.54, 1.807) is 23.9 Å². The highest BCUT2D eigenvalue weighted by molar-refractivity contribution is 7.99. The van der Waals surface area contributed by atoms with Gasteiger partial charge < -0.3 is 10.2 Å². The molecule has 76 valence electrons. The average Bonchev–Trinajstić information content (AvgIpc) is 2.05. The van der Waals surface area contributed by atoms with Crippen molar-refractivity contribution in [3.8, 4) is 0 Å². The number of hydrogen-bond donors (Lipinski definition) is 2. The SMILES string of the molecule is C=CCC(O)CSCC(O)CC=C. The molecule has 0 aliphatic carbocycles. The summed E-state index contributed by atoms with van der Waals surface area (Å²) >= 11 is 1.55. The fraction of sp³-hybridized carbons (Fsp3) is 0.600. The highest BCUT2D eigenvalue weighted by atomic mass is 32.2. The summed E-state index contributed by atoms with van der Waals surface area (Å²) in [5.41, 5.74) is 0. The third-order valence-corrected chi connectivity index (χ3v) is 2.74. The lowest BCUT2D eigenvalue weighted by molar-refractivity contribution is 0.198. The Balaban J connectivity index is 3.32. The zero-order chi connectivity index (χ0) is 10.1. The number of aliphatic hydroxyl groups excluding tert-OH is 2. The molecule has 0 saturated heterocycles. The molecule has 3 heteroatoms. The Bertz CT molecular complexity index is 132. The van der Waals surface area contributed by atoms with Crippen LogP contribution in [0.3, 0.4) is 0 Å². The molecular weight excluding hydrogens is 184 g/mol. The Morgan fingerprint density at radius 1 is 1.00 bits per heavy atom. The van der Waals surface area contributed by atoms with Gasteiger partial charge in [-0.3, -0.25) is 0 Å². The first kappa shape index (κ1) is 12.8. The van der Waals surface area contributed by atoms with Crippen LogP contribution in [0.4, 0.5) is 0 Å². The molecule has 0 spiro atoms. The van der Waals surface area contributed by atoms with Crippen LogP contribution in [0, 0.1) is 0 Å². The summed E-state index contributed by atoms with van der Waals surface area (Å²) in [6, 6.07) is 0. The molecule has 0 amide bonds. The highest BCUT2D eigenvalue weighted by Crippen LogP contribution is 2.09. The fourth-order valence-corrected chi connectivity index (χ4v) is 1.81. The predicted molar refractivity (Wildman–Crippen MR) is 59.0 cm³/mol. The maximum absolute atomic E-state index is 9.30. The molecule has 0 bridgehead atoms. The summed E-state index contributed by atoms with van der Waals surface area (Å²) in [5.74, 6) is 1.31. The largest absolute Gasteiger partial charge is 0.392 e.